The van der Waals surface area contributed by atoms with Crippen molar-refractivity contribution in [2.24, 2.45) is 0 Å². The number of fused-ring (bicyclic) bond motifs is 1. The lowest BCUT2D eigenvalue weighted by molar-refractivity contribution is -0.190. The van der Waals surface area contributed by atoms with Crippen molar-refractivity contribution >= 4 is 5.65 Å². The second-order valence-corrected chi connectivity index (χ2v) is 6.39. The number of pyridine rings is 1. The smallest absolute Gasteiger partial charge is 0.425 e. The highest BCUT2D eigenvalue weighted by molar-refractivity contribution is 5.59. The second-order valence-electron chi connectivity index (χ2n) is 6.39. The van der Waals surface area contributed by atoms with Crippen LogP contribution >= 0.6 is 0 Å². The number of ether oxygens (including phenoxy) is 1. The van der Waals surface area contributed by atoms with Crippen molar-refractivity contribution in [3.05, 3.63) is 36.3 Å². The third kappa shape index (κ3) is 3.22. The van der Waals surface area contributed by atoms with Crippen molar-refractivity contribution in [3.63, 3.8) is 0 Å². The van der Waals surface area contributed by atoms with Gasteiger partial charge in [0, 0.05) is 24.4 Å². The molecule has 148 valence electrons. The van der Waals surface area contributed by atoms with Crippen LogP contribution < -0.4 is 4.74 Å². The molecule has 0 radical (unpaired) electrons. The van der Waals surface area contributed by atoms with Gasteiger partial charge in [0.05, 0.1) is 17.8 Å². The van der Waals surface area contributed by atoms with Crippen LogP contribution in [-0.4, -0.2) is 42.8 Å². The van der Waals surface area contributed by atoms with E-state index in [0.29, 0.717) is 0 Å². The molecule has 1 aliphatic rings. The molecule has 0 unspecified atom stereocenters. The van der Waals surface area contributed by atoms with E-state index in [1.807, 2.05) is 0 Å². The topological polar surface area (TPSA) is 65.2 Å². The van der Waals surface area contributed by atoms with Crippen LogP contribution in [0.2, 0.25) is 0 Å². The molecule has 4 rings (SSSR count). The van der Waals surface area contributed by atoms with Gasteiger partial charge in [-0.25, -0.2) is 18.2 Å². The van der Waals surface area contributed by atoms with Gasteiger partial charge in [-0.05, 0) is 13.0 Å². The van der Waals surface area contributed by atoms with E-state index in [4.69, 9.17) is 0 Å². The van der Waals surface area contributed by atoms with Crippen LogP contribution in [0.3, 0.4) is 0 Å². The first-order valence-electron chi connectivity index (χ1n) is 8.04. The van der Waals surface area contributed by atoms with E-state index in [2.05, 4.69) is 24.9 Å². The maximum absolute atomic E-state index is 14.1. The normalized spacial score (nSPS) is 19.6. The molecule has 1 aliphatic carbocycles. The maximum Gasteiger partial charge on any atom is 0.425 e. The molecular formula is C16H11F6N5O. The first-order chi connectivity index (χ1) is 13.1. The standard InChI is InChI=1S/C16H11F6N5O/c1-7(16(20,21)22)28-14-10(17)2-8(4-24-14)11-6-27-12(5-23-11)25-26-13(27)9-3-15(9,18)19/h2,4-7,9H,3H2,1H3/t7-,9-/m1/s1. The third-order valence-corrected chi connectivity index (χ3v) is 4.31. The first-order valence-corrected chi connectivity index (χ1v) is 8.04. The summed E-state index contributed by atoms with van der Waals surface area (Å²) in [4.78, 5) is 7.61. The number of hydrogen-bond donors (Lipinski definition) is 0. The van der Waals surface area contributed by atoms with Gasteiger partial charge in [-0.2, -0.15) is 13.2 Å². The highest BCUT2D eigenvalue weighted by atomic mass is 19.4. The Morgan fingerprint density at radius 2 is 1.93 bits per heavy atom. The quantitative estimate of drug-likeness (QED) is 0.621. The molecule has 1 fully saturated rings. The van der Waals surface area contributed by atoms with E-state index >= 15 is 0 Å². The lowest BCUT2D eigenvalue weighted by atomic mass is 10.2. The molecule has 0 N–H and O–H groups in total. The van der Waals surface area contributed by atoms with Gasteiger partial charge in [0.1, 0.15) is 5.82 Å². The Labute approximate surface area is 153 Å². The van der Waals surface area contributed by atoms with Crippen molar-refractivity contribution in [1.29, 1.82) is 0 Å². The van der Waals surface area contributed by atoms with E-state index in [1.165, 1.54) is 16.8 Å². The maximum atomic E-state index is 14.1. The summed E-state index contributed by atoms with van der Waals surface area (Å²) in [6.45, 7) is 0.728. The van der Waals surface area contributed by atoms with Crippen LogP contribution in [0.15, 0.2) is 24.7 Å². The Morgan fingerprint density at radius 1 is 1.21 bits per heavy atom. The summed E-state index contributed by atoms with van der Waals surface area (Å²) in [7, 11) is 0. The second kappa shape index (κ2) is 6.04. The Kier molecular flexibility index (Phi) is 3.98. The van der Waals surface area contributed by atoms with E-state index in [1.54, 1.807) is 0 Å². The van der Waals surface area contributed by atoms with Gasteiger partial charge in [0.2, 0.25) is 0 Å². The summed E-state index contributed by atoms with van der Waals surface area (Å²) in [6.07, 6.45) is -3.57. The van der Waals surface area contributed by atoms with Crippen molar-refractivity contribution in [3.8, 4) is 17.1 Å². The minimum Gasteiger partial charge on any atom is -0.463 e. The molecule has 0 bridgehead atoms. The van der Waals surface area contributed by atoms with Gasteiger partial charge >= 0.3 is 6.18 Å². The molecular weight excluding hydrogens is 392 g/mol. The van der Waals surface area contributed by atoms with E-state index in [-0.39, 0.29) is 29.1 Å². The molecule has 2 atom stereocenters. The summed E-state index contributed by atoms with van der Waals surface area (Å²) < 4.78 is 84.3. The summed E-state index contributed by atoms with van der Waals surface area (Å²) in [5, 5.41) is 7.52. The van der Waals surface area contributed by atoms with Gasteiger partial charge < -0.3 is 4.74 Å². The summed E-state index contributed by atoms with van der Waals surface area (Å²) in [5.74, 6) is -5.79. The van der Waals surface area contributed by atoms with Gasteiger partial charge in [-0.1, -0.05) is 0 Å². The molecule has 28 heavy (non-hydrogen) atoms. The monoisotopic (exact) mass is 403 g/mol. The highest BCUT2D eigenvalue weighted by Gasteiger charge is 2.60. The fourth-order valence-corrected chi connectivity index (χ4v) is 2.59. The lowest BCUT2D eigenvalue weighted by Gasteiger charge is -2.17. The van der Waals surface area contributed by atoms with Crippen LogP contribution in [-0.2, 0) is 0 Å². The summed E-state index contributed by atoms with van der Waals surface area (Å²) in [6, 6.07) is 0.898. The van der Waals surface area contributed by atoms with Crippen LogP contribution in [0.1, 0.15) is 25.1 Å². The number of hydrogen-bond acceptors (Lipinski definition) is 5. The van der Waals surface area contributed by atoms with Crippen molar-refractivity contribution in [2.75, 3.05) is 0 Å². The molecule has 3 aromatic rings. The number of alkyl halides is 5. The Balaban J connectivity index is 1.65. The van der Waals surface area contributed by atoms with Crippen molar-refractivity contribution in [2.45, 2.75) is 37.5 Å². The van der Waals surface area contributed by atoms with Crippen LogP contribution in [0, 0.1) is 5.82 Å². The van der Waals surface area contributed by atoms with E-state index in [0.717, 1.165) is 19.2 Å². The van der Waals surface area contributed by atoms with Crippen LogP contribution in [0.25, 0.3) is 16.9 Å². The molecule has 3 aromatic heterocycles. The van der Waals surface area contributed by atoms with Gasteiger partial charge in [-0.15, -0.1) is 10.2 Å². The predicted molar refractivity (Wildman–Crippen MR) is 82.4 cm³/mol. The minimum atomic E-state index is -4.67. The number of aromatic nitrogens is 5. The van der Waals surface area contributed by atoms with E-state index in [9.17, 15) is 26.3 Å². The SMILES string of the molecule is C[C@@H](Oc1ncc(-c2cn3c([C@H]4CC4(F)F)nnc3cn2)cc1F)C(F)(F)F. The summed E-state index contributed by atoms with van der Waals surface area (Å²) in [5.41, 5.74) is 0.502. The molecule has 12 heteroatoms. The predicted octanol–water partition coefficient (Wildman–Crippen LogP) is 3.78. The Morgan fingerprint density at radius 3 is 2.54 bits per heavy atom. The molecule has 0 spiro atoms. The minimum absolute atomic E-state index is 0.0519. The molecule has 0 aromatic carbocycles. The van der Waals surface area contributed by atoms with Gasteiger partial charge in [0.25, 0.3) is 11.8 Å². The zero-order valence-electron chi connectivity index (χ0n) is 14.1. The van der Waals surface area contributed by atoms with Gasteiger partial charge in [-0.3, -0.25) is 9.38 Å². The van der Waals surface area contributed by atoms with E-state index < -0.39 is 35.8 Å². The van der Waals surface area contributed by atoms with Crippen molar-refractivity contribution in [1.82, 2.24) is 24.6 Å². The zero-order valence-corrected chi connectivity index (χ0v) is 14.1. The number of rotatable bonds is 4. The lowest BCUT2D eigenvalue weighted by Crippen LogP contribution is -2.31. The van der Waals surface area contributed by atoms with Crippen LogP contribution in [0.4, 0.5) is 26.3 Å². The largest absolute Gasteiger partial charge is 0.463 e. The van der Waals surface area contributed by atoms with Crippen molar-refractivity contribution < 1.29 is 31.1 Å². The van der Waals surface area contributed by atoms with Gasteiger partial charge in [0.15, 0.2) is 17.6 Å². The molecule has 0 amide bonds. The summed E-state index contributed by atoms with van der Waals surface area (Å²) >= 11 is 0. The fraction of sp³-hybridized carbons (Fsp3) is 0.375. The third-order valence-electron chi connectivity index (χ3n) is 4.31. The Bertz CT molecular complexity index is 1050. The first kappa shape index (κ1) is 18.4. The highest BCUT2D eigenvalue weighted by Crippen LogP contribution is 2.55. The molecule has 0 aliphatic heterocycles. The number of halogens is 6. The molecule has 6 nitrogen and oxygen atoms in total. The Hall–Kier alpha value is -2.92. The average Bonchev–Trinajstić information content (AvgIpc) is 3.06. The molecule has 3 heterocycles. The molecule has 1 saturated carbocycles. The molecule has 0 saturated heterocycles. The van der Waals surface area contributed by atoms with Crippen LogP contribution in [0.5, 0.6) is 5.88 Å². The number of nitrogens with zero attached hydrogens (tertiary/aromatic N) is 5. The fourth-order valence-electron chi connectivity index (χ4n) is 2.59. The average molecular weight is 403 g/mol. The zero-order chi connectivity index (χ0) is 20.3.